The molecule has 1 atom stereocenters. The van der Waals surface area contributed by atoms with Crippen LogP contribution in [0.5, 0.6) is 11.5 Å². The fourth-order valence-corrected chi connectivity index (χ4v) is 4.42. The smallest absolute Gasteiger partial charge is 0.173 e. The molecule has 152 valence electrons. The maximum atomic E-state index is 5.73. The Bertz CT molecular complexity index is 781. The molecule has 0 amide bonds. The normalized spacial score (nSPS) is 20.4. The molecule has 1 saturated carbocycles. The number of ether oxygens (including phenoxy) is 2. The predicted octanol–water partition coefficient (Wildman–Crippen LogP) is 2.14. The lowest BCUT2D eigenvalue weighted by atomic mass is 10.0. The van der Waals surface area contributed by atoms with E-state index >= 15 is 0 Å². The van der Waals surface area contributed by atoms with E-state index < -0.39 is 0 Å². The van der Waals surface area contributed by atoms with E-state index in [1.165, 1.54) is 12.8 Å². The summed E-state index contributed by atoms with van der Waals surface area (Å²) in [5.41, 5.74) is 1.06. The van der Waals surface area contributed by atoms with Crippen LogP contribution in [0.4, 0.5) is 0 Å². The van der Waals surface area contributed by atoms with Crippen LogP contribution < -0.4 is 9.47 Å². The topological polar surface area (TPSA) is 68.5 Å². The van der Waals surface area contributed by atoms with Crippen LogP contribution in [0.3, 0.4) is 0 Å². The van der Waals surface area contributed by atoms with Gasteiger partial charge < -0.3 is 14.4 Å². The summed E-state index contributed by atoms with van der Waals surface area (Å²) in [6, 6.07) is 6.30. The molecule has 2 fully saturated rings. The molecule has 4 rings (SSSR count). The second kappa shape index (κ2) is 8.45. The second-order valence-electron chi connectivity index (χ2n) is 7.77. The van der Waals surface area contributed by atoms with Crippen LogP contribution in [0, 0.1) is 0 Å². The van der Waals surface area contributed by atoms with E-state index in [1.807, 2.05) is 12.1 Å². The molecule has 1 aromatic carbocycles. The van der Waals surface area contributed by atoms with Gasteiger partial charge in [0.15, 0.2) is 5.82 Å². The van der Waals surface area contributed by atoms with E-state index in [9.17, 15) is 0 Å². The number of tetrazole rings is 1. The van der Waals surface area contributed by atoms with Crippen molar-refractivity contribution in [3.8, 4) is 11.5 Å². The van der Waals surface area contributed by atoms with Gasteiger partial charge in [-0.2, -0.15) is 0 Å². The predicted molar refractivity (Wildman–Crippen MR) is 106 cm³/mol. The van der Waals surface area contributed by atoms with Gasteiger partial charge in [-0.3, -0.25) is 4.90 Å². The minimum Gasteiger partial charge on any atom is -0.497 e. The monoisotopic (exact) mass is 386 g/mol. The van der Waals surface area contributed by atoms with Gasteiger partial charge in [0, 0.05) is 31.7 Å². The molecule has 2 heterocycles. The highest BCUT2D eigenvalue weighted by atomic mass is 16.5. The highest BCUT2D eigenvalue weighted by molar-refractivity contribution is 5.44. The SMILES string of the molecule is COc1ccc(OC)c([C@H](c2nnnn2C2CCCC2)N2CCN(C)CC2)c1. The maximum absolute atomic E-state index is 5.73. The Balaban J connectivity index is 1.79. The Hall–Kier alpha value is -2.19. The largest absolute Gasteiger partial charge is 0.497 e. The van der Waals surface area contributed by atoms with Crippen molar-refractivity contribution in [2.45, 2.75) is 37.8 Å². The molecule has 1 aromatic heterocycles. The molecule has 0 radical (unpaired) electrons. The van der Waals surface area contributed by atoms with E-state index in [0.29, 0.717) is 6.04 Å². The average Bonchev–Trinajstić information content (AvgIpc) is 3.41. The number of hydrogen-bond acceptors (Lipinski definition) is 7. The molecule has 1 aliphatic heterocycles. The fraction of sp³-hybridized carbons (Fsp3) is 0.650. The molecule has 1 saturated heterocycles. The Morgan fingerprint density at radius 1 is 1.04 bits per heavy atom. The van der Waals surface area contributed by atoms with Crippen LogP contribution in [0.1, 0.15) is 49.2 Å². The third-order valence-electron chi connectivity index (χ3n) is 6.07. The van der Waals surface area contributed by atoms with Crippen molar-refractivity contribution in [3.05, 3.63) is 29.6 Å². The van der Waals surface area contributed by atoms with Crippen LogP contribution in [-0.4, -0.2) is 77.5 Å². The zero-order chi connectivity index (χ0) is 19.5. The van der Waals surface area contributed by atoms with Crippen molar-refractivity contribution >= 4 is 0 Å². The van der Waals surface area contributed by atoms with E-state index in [0.717, 1.165) is 61.9 Å². The third-order valence-corrected chi connectivity index (χ3v) is 6.07. The van der Waals surface area contributed by atoms with E-state index in [-0.39, 0.29) is 6.04 Å². The molecular formula is C20H30N6O2. The van der Waals surface area contributed by atoms with Gasteiger partial charge in [-0.05, 0) is 48.5 Å². The van der Waals surface area contributed by atoms with Gasteiger partial charge in [0.1, 0.15) is 17.5 Å². The van der Waals surface area contributed by atoms with Crippen LogP contribution >= 0.6 is 0 Å². The summed E-state index contributed by atoms with van der Waals surface area (Å²) in [7, 11) is 5.58. The highest BCUT2D eigenvalue weighted by Crippen LogP contribution is 2.39. The van der Waals surface area contributed by atoms with Gasteiger partial charge in [-0.15, -0.1) is 5.10 Å². The zero-order valence-corrected chi connectivity index (χ0v) is 17.0. The molecular weight excluding hydrogens is 356 g/mol. The lowest BCUT2D eigenvalue weighted by Crippen LogP contribution is -2.47. The minimum atomic E-state index is -0.0608. The lowest BCUT2D eigenvalue weighted by Gasteiger charge is -2.38. The summed E-state index contributed by atoms with van der Waals surface area (Å²) in [4.78, 5) is 4.82. The van der Waals surface area contributed by atoms with Crippen LogP contribution in [-0.2, 0) is 0 Å². The first-order valence-corrected chi connectivity index (χ1v) is 10.1. The summed E-state index contributed by atoms with van der Waals surface area (Å²) in [5.74, 6) is 2.56. The quantitative estimate of drug-likeness (QED) is 0.753. The fourth-order valence-electron chi connectivity index (χ4n) is 4.42. The van der Waals surface area contributed by atoms with Crippen molar-refractivity contribution in [1.29, 1.82) is 0 Å². The Labute approximate surface area is 166 Å². The number of methoxy groups -OCH3 is 2. The Morgan fingerprint density at radius 3 is 2.46 bits per heavy atom. The summed E-state index contributed by atoms with van der Waals surface area (Å²) < 4.78 is 13.3. The lowest BCUT2D eigenvalue weighted by molar-refractivity contribution is 0.119. The third kappa shape index (κ3) is 3.71. The van der Waals surface area contributed by atoms with Gasteiger partial charge >= 0.3 is 0 Å². The number of nitrogens with zero attached hydrogens (tertiary/aromatic N) is 6. The van der Waals surface area contributed by atoms with E-state index in [1.54, 1.807) is 14.2 Å². The van der Waals surface area contributed by atoms with Crippen molar-refractivity contribution in [3.63, 3.8) is 0 Å². The number of aromatic nitrogens is 4. The van der Waals surface area contributed by atoms with Gasteiger partial charge in [-0.1, -0.05) is 12.8 Å². The van der Waals surface area contributed by atoms with Crippen LogP contribution in [0.15, 0.2) is 18.2 Å². The summed E-state index contributed by atoms with van der Waals surface area (Å²) in [6.07, 6.45) is 4.77. The van der Waals surface area contributed by atoms with Crippen LogP contribution in [0.2, 0.25) is 0 Å². The van der Waals surface area contributed by atoms with Crippen molar-refractivity contribution in [2.24, 2.45) is 0 Å². The van der Waals surface area contributed by atoms with Gasteiger partial charge in [0.05, 0.1) is 20.3 Å². The Morgan fingerprint density at radius 2 is 1.79 bits per heavy atom. The number of benzene rings is 1. The Kier molecular flexibility index (Phi) is 5.77. The molecule has 0 unspecified atom stereocenters. The van der Waals surface area contributed by atoms with Gasteiger partial charge in [0.2, 0.25) is 0 Å². The molecule has 0 spiro atoms. The zero-order valence-electron chi connectivity index (χ0n) is 17.0. The standard InChI is InChI=1S/C20H30N6O2/c1-24-10-12-25(13-11-24)19(17-14-16(27-2)8-9-18(17)28-3)20-21-22-23-26(20)15-6-4-5-7-15/h8-9,14-15,19H,4-7,10-13H2,1-3H3/t19-/m1/s1. The first-order chi connectivity index (χ1) is 13.7. The molecule has 2 aromatic rings. The van der Waals surface area contributed by atoms with Gasteiger partial charge in [0.25, 0.3) is 0 Å². The molecule has 2 aliphatic rings. The van der Waals surface area contributed by atoms with Crippen LogP contribution in [0.25, 0.3) is 0 Å². The van der Waals surface area contributed by atoms with E-state index in [4.69, 9.17) is 9.47 Å². The second-order valence-corrected chi connectivity index (χ2v) is 7.77. The molecule has 28 heavy (non-hydrogen) atoms. The van der Waals surface area contributed by atoms with Gasteiger partial charge in [-0.25, -0.2) is 4.68 Å². The number of hydrogen-bond donors (Lipinski definition) is 0. The summed E-state index contributed by atoms with van der Waals surface area (Å²) >= 11 is 0. The minimum absolute atomic E-state index is 0.0608. The molecule has 8 heteroatoms. The number of likely N-dealkylation sites (N-methyl/N-ethyl adjacent to an activating group) is 1. The van der Waals surface area contributed by atoms with Crippen molar-refractivity contribution < 1.29 is 9.47 Å². The maximum Gasteiger partial charge on any atom is 0.173 e. The summed E-state index contributed by atoms with van der Waals surface area (Å²) in [5, 5.41) is 13.0. The first-order valence-electron chi connectivity index (χ1n) is 10.1. The average molecular weight is 387 g/mol. The highest BCUT2D eigenvalue weighted by Gasteiger charge is 2.34. The van der Waals surface area contributed by atoms with Crippen molar-refractivity contribution in [2.75, 3.05) is 47.4 Å². The molecule has 1 aliphatic carbocycles. The first kappa shape index (κ1) is 19.1. The summed E-state index contributed by atoms with van der Waals surface area (Å²) in [6.45, 7) is 3.96. The van der Waals surface area contributed by atoms with E-state index in [2.05, 4.69) is 43.1 Å². The molecule has 0 bridgehead atoms. The molecule has 0 N–H and O–H groups in total. The number of rotatable bonds is 6. The van der Waals surface area contributed by atoms with Crippen molar-refractivity contribution in [1.82, 2.24) is 30.0 Å². The number of piperazine rings is 1. The molecule has 8 nitrogen and oxygen atoms in total.